The average molecular weight is 256 g/mol. The zero-order valence-electron chi connectivity index (χ0n) is 6.86. The summed E-state index contributed by atoms with van der Waals surface area (Å²) in [5, 5.41) is 9.86. The third-order valence-corrected chi connectivity index (χ3v) is 2.86. The molecular formula is C8H6BrN3S. The third-order valence-electron chi connectivity index (χ3n) is 1.50. The van der Waals surface area contributed by atoms with Crippen molar-refractivity contribution in [1.29, 1.82) is 0 Å². The number of rotatable bonds is 1. The van der Waals surface area contributed by atoms with E-state index in [-0.39, 0.29) is 0 Å². The fourth-order valence-electron chi connectivity index (χ4n) is 0.916. The molecule has 0 bridgehead atoms. The Labute approximate surface area is 88.0 Å². The lowest BCUT2D eigenvalue weighted by Gasteiger charge is -1.93. The van der Waals surface area contributed by atoms with E-state index in [9.17, 15) is 0 Å². The van der Waals surface area contributed by atoms with E-state index in [1.54, 1.807) is 17.5 Å². The van der Waals surface area contributed by atoms with Crippen LogP contribution in [0.25, 0.3) is 10.6 Å². The highest BCUT2D eigenvalue weighted by molar-refractivity contribution is 9.10. The summed E-state index contributed by atoms with van der Waals surface area (Å²) in [6.45, 7) is 1.94. The number of hydrogen-bond acceptors (Lipinski definition) is 4. The fraction of sp³-hybridized carbons (Fsp3) is 0.125. The minimum Gasteiger partial charge on any atom is -0.249 e. The van der Waals surface area contributed by atoms with Crippen LogP contribution in [0, 0.1) is 6.92 Å². The second kappa shape index (κ2) is 3.51. The van der Waals surface area contributed by atoms with E-state index in [1.165, 1.54) is 0 Å². The van der Waals surface area contributed by atoms with Gasteiger partial charge in [0, 0.05) is 11.8 Å². The summed E-state index contributed by atoms with van der Waals surface area (Å²) < 4.78 is 0.831. The Morgan fingerprint density at radius 2 is 2.15 bits per heavy atom. The summed E-state index contributed by atoms with van der Waals surface area (Å²) in [5.74, 6) is 0. The zero-order chi connectivity index (χ0) is 9.26. The molecule has 0 unspecified atom stereocenters. The standard InChI is InChI=1S/C8H6BrN3S/c1-5-11-12-8(13-5)6-2-3-7(9)10-4-6/h2-4H,1H3. The predicted molar refractivity (Wildman–Crippen MR) is 55.6 cm³/mol. The van der Waals surface area contributed by atoms with Gasteiger partial charge in [-0.25, -0.2) is 4.98 Å². The fourth-order valence-corrected chi connectivity index (χ4v) is 1.83. The molecular weight excluding hydrogens is 250 g/mol. The van der Waals surface area contributed by atoms with E-state index < -0.39 is 0 Å². The Bertz CT molecular complexity index is 410. The number of nitrogens with zero attached hydrogens (tertiary/aromatic N) is 3. The molecule has 2 heterocycles. The molecule has 0 aromatic carbocycles. The Kier molecular flexibility index (Phi) is 2.37. The largest absolute Gasteiger partial charge is 0.249 e. The maximum Gasteiger partial charge on any atom is 0.149 e. The number of aromatic nitrogens is 3. The van der Waals surface area contributed by atoms with Crippen LogP contribution >= 0.6 is 27.3 Å². The van der Waals surface area contributed by atoms with Gasteiger partial charge in [0.25, 0.3) is 0 Å². The van der Waals surface area contributed by atoms with E-state index >= 15 is 0 Å². The van der Waals surface area contributed by atoms with Gasteiger partial charge in [0.1, 0.15) is 14.6 Å². The first-order chi connectivity index (χ1) is 6.25. The van der Waals surface area contributed by atoms with E-state index in [0.29, 0.717) is 0 Å². The van der Waals surface area contributed by atoms with Crippen molar-refractivity contribution in [3.8, 4) is 10.6 Å². The lowest BCUT2D eigenvalue weighted by atomic mass is 10.3. The van der Waals surface area contributed by atoms with Crippen LogP contribution in [0.15, 0.2) is 22.9 Å². The van der Waals surface area contributed by atoms with E-state index in [1.807, 2.05) is 19.1 Å². The average Bonchev–Trinajstić information content (AvgIpc) is 2.53. The lowest BCUT2D eigenvalue weighted by molar-refractivity contribution is 1.05. The Morgan fingerprint density at radius 1 is 1.31 bits per heavy atom. The van der Waals surface area contributed by atoms with Gasteiger partial charge in [0.2, 0.25) is 0 Å². The van der Waals surface area contributed by atoms with Crippen molar-refractivity contribution in [3.63, 3.8) is 0 Å². The highest BCUT2D eigenvalue weighted by atomic mass is 79.9. The van der Waals surface area contributed by atoms with E-state index in [0.717, 1.165) is 20.2 Å². The van der Waals surface area contributed by atoms with Gasteiger partial charge in [-0.2, -0.15) is 0 Å². The van der Waals surface area contributed by atoms with Crippen LogP contribution in [0.4, 0.5) is 0 Å². The molecule has 0 N–H and O–H groups in total. The van der Waals surface area contributed by atoms with Crippen LogP contribution in [0.5, 0.6) is 0 Å². The highest BCUT2D eigenvalue weighted by Crippen LogP contribution is 2.22. The smallest absolute Gasteiger partial charge is 0.149 e. The number of halogens is 1. The Hall–Kier alpha value is -0.810. The molecule has 66 valence electrons. The van der Waals surface area contributed by atoms with Gasteiger partial charge >= 0.3 is 0 Å². The van der Waals surface area contributed by atoms with Gasteiger partial charge in [-0.3, -0.25) is 0 Å². The Balaban J connectivity index is 2.41. The maximum absolute atomic E-state index is 4.12. The van der Waals surface area contributed by atoms with Gasteiger partial charge in [0.05, 0.1) is 0 Å². The van der Waals surface area contributed by atoms with Crippen molar-refractivity contribution >= 4 is 27.3 Å². The van der Waals surface area contributed by atoms with Crippen LogP contribution in [0.2, 0.25) is 0 Å². The molecule has 0 spiro atoms. The van der Waals surface area contributed by atoms with E-state index in [2.05, 4.69) is 31.1 Å². The first-order valence-electron chi connectivity index (χ1n) is 3.68. The molecule has 0 radical (unpaired) electrons. The van der Waals surface area contributed by atoms with Crippen molar-refractivity contribution in [2.75, 3.05) is 0 Å². The molecule has 2 rings (SSSR count). The molecule has 0 fully saturated rings. The van der Waals surface area contributed by atoms with Gasteiger partial charge < -0.3 is 0 Å². The molecule has 0 aliphatic carbocycles. The van der Waals surface area contributed by atoms with Crippen molar-refractivity contribution < 1.29 is 0 Å². The monoisotopic (exact) mass is 255 g/mol. The quantitative estimate of drug-likeness (QED) is 0.736. The molecule has 0 saturated carbocycles. The van der Waals surface area contributed by atoms with Crippen molar-refractivity contribution in [3.05, 3.63) is 27.9 Å². The predicted octanol–water partition coefficient (Wildman–Crippen LogP) is 2.67. The molecule has 0 aliphatic rings. The zero-order valence-corrected chi connectivity index (χ0v) is 9.26. The minimum absolute atomic E-state index is 0.831. The third kappa shape index (κ3) is 1.92. The van der Waals surface area contributed by atoms with Crippen LogP contribution in [0.1, 0.15) is 5.01 Å². The van der Waals surface area contributed by atoms with Gasteiger partial charge in [0.15, 0.2) is 0 Å². The summed E-state index contributed by atoms with van der Waals surface area (Å²) in [4.78, 5) is 4.12. The molecule has 2 aromatic rings. The number of aryl methyl sites for hydroxylation is 1. The molecule has 0 atom stereocenters. The van der Waals surface area contributed by atoms with Crippen molar-refractivity contribution in [2.45, 2.75) is 6.92 Å². The van der Waals surface area contributed by atoms with Gasteiger partial charge in [-0.1, -0.05) is 11.3 Å². The topological polar surface area (TPSA) is 38.7 Å². The summed E-state index contributed by atoms with van der Waals surface area (Å²) in [5.41, 5.74) is 1.01. The molecule has 3 nitrogen and oxygen atoms in total. The summed E-state index contributed by atoms with van der Waals surface area (Å²) in [6, 6.07) is 3.86. The SMILES string of the molecule is Cc1nnc(-c2ccc(Br)nc2)s1. The highest BCUT2D eigenvalue weighted by Gasteiger charge is 2.03. The van der Waals surface area contributed by atoms with E-state index in [4.69, 9.17) is 0 Å². The minimum atomic E-state index is 0.831. The first kappa shape index (κ1) is 8.77. The summed E-state index contributed by atoms with van der Waals surface area (Å²) >= 11 is 4.85. The van der Waals surface area contributed by atoms with Crippen LogP contribution < -0.4 is 0 Å². The van der Waals surface area contributed by atoms with Crippen LogP contribution in [0.3, 0.4) is 0 Å². The van der Waals surface area contributed by atoms with Gasteiger partial charge in [-0.05, 0) is 35.0 Å². The van der Waals surface area contributed by atoms with Crippen molar-refractivity contribution in [2.24, 2.45) is 0 Å². The lowest BCUT2D eigenvalue weighted by Crippen LogP contribution is -1.79. The van der Waals surface area contributed by atoms with Gasteiger partial charge in [-0.15, -0.1) is 10.2 Å². The number of pyridine rings is 1. The summed E-state index contributed by atoms with van der Waals surface area (Å²) in [6.07, 6.45) is 1.78. The van der Waals surface area contributed by atoms with Crippen LogP contribution in [-0.4, -0.2) is 15.2 Å². The molecule has 0 aliphatic heterocycles. The number of hydrogen-bond donors (Lipinski definition) is 0. The molecule has 5 heteroatoms. The Morgan fingerprint density at radius 3 is 2.69 bits per heavy atom. The molecule has 0 amide bonds. The second-order valence-corrected chi connectivity index (χ2v) is 4.49. The van der Waals surface area contributed by atoms with Crippen LogP contribution in [-0.2, 0) is 0 Å². The normalized spacial score (nSPS) is 10.3. The first-order valence-corrected chi connectivity index (χ1v) is 5.29. The maximum atomic E-state index is 4.12. The molecule has 13 heavy (non-hydrogen) atoms. The second-order valence-electron chi connectivity index (χ2n) is 2.50. The van der Waals surface area contributed by atoms with Crippen molar-refractivity contribution in [1.82, 2.24) is 15.2 Å². The molecule has 0 saturated heterocycles. The summed E-state index contributed by atoms with van der Waals surface area (Å²) in [7, 11) is 0. The molecule has 2 aromatic heterocycles.